The number of carboxylic acid groups (broad SMARTS) is 1. The number of rotatable bonds is 4. The fraction of sp³-hybridized carbons (Fsp3) is 0.471. The van der Waals surface area contributed by atoms with Gasteiger partial charge in [0.1, 0.15) is 0 Å². The lowest BCUT2D eigenvalue weighted by Gasteiger charge is -2.21. The summed E-state index contributed by atoms with van der Waals surface area (Å²) in [4.78, 5) is 25.5. The van der Waals surface area contributed by atoms with E-state index in [0.717, 1.165) is 0 Å². The molecule has 9 heteroatoms. The largest absolute Gasteiger partial charge is 0.481 e. The number of anilines is 1. The van der Waals surface area contributed by atoms with Crippen LogP contribution in [-0.2, 0) is 4.79 Å². The van der Waals surface area contributed by atoms with Crippen molar-refractivity contribution in [1.29, 1.82) is 0 Å². The first kappa shape index (κ1) is 17.8. The van der Waals surface area contributed by atoms with Crippen LogP contribution in [0.1, 0.15) is 33.2 Å². The molecular formula is C17H22N6O3. The van der Waals surface area contributed by atoms with Gasteiger partial charge in [0.25, 0.3) is 0 Å². The smallest absolute Gasteiger partial charge is 0.321 e. The summed E-state index contributed by atoms with van der Waals surface area (Å²) in [5.41, 5.74) is 0.386. The molecule has 0 saturated carbocycles. The molecule has 0 aliphatic carbocycles. The van der Waals surface area contributed by atoms with Gasteiger partial charge in [0.2, 0.25) is 0 Å². The Kier molecular flexibility index (Phi) is 4.62. The van der Waals surface area contributed by atoms with Gasteiger partial charge in [-0.25, -0.2) is 9.48 Å². The third-order valence-electron chi connectivity index (χ3n) is 4.67. The monoisotopic (exact) mass is 358 g/mol. The van der Waals surface area contributed by atoms with Crippen molar-refractivity contribution in [3.05, 3.63) is 24.3 Å². The van der Waals surface area contributed by atoms with E-state index in [-0.39, 0.29) is 18.6 Å². The Hall–Kier alpha value is -2.97. The fourth-order valence-corrected chi connectivity index (χ4v) is 3.01. The summed E-state index contributed by atoms with van der Waals surface area (Å²) >= 11 is 0. The average molecular weight is 358 g/mol. The Labute approximate surface area is 151 Å². The lowest BCUT2D eigenvalue weighted by Crippen LogP contribution is -2.37. The predicted octanol–water partition coefficient (Wildman–Crippen LogP) is 2.25. The normalized spacial score (nSPS) is 19.8. The maximum atomic E-state index is 12.6. The Bertz CT molecular complexity index is 833. The molecule has 2 N–H and O–H groups in total. The number of carboxylic acids is 1. The molecule has 1 aliphatic heterocycles. The summed E-state index contributed by atoms with van der Waals surface area (Å²) in [5.74, 6) is -0.322. The van der Waals surface area contributed by atoms with Crippen molar-refractivity contribution in [2.75, 3.05) is 18.4 Å². The topological polar surface area (TPSA) is 113 Å². The number of urea groups is 1. The molecule has 1 aromatic heterocycles. The molecule has 2 aromatic rings. The highest BCUT2D eigenvalue weighted by Gasteiger charge is 2.42. The number of nitrogens with one attached hydrogen (secondary N) is 1. The summed E-state index contributed by atoms with van der Waals surface area (Å²) < 4.78 is 1.68. The van der Waals surface area contributed by atoms with Gasteiger partial charge < -0.3 is 15.3 Å². The van der Waals surface area contributed by atoms with Gasteiger partial charge in [-0.15, -0.1) is 5.10 Å². The maximum Gasteiger partial charge on any atom is 0.321 e. The number of aromatic nitrogens is 4. The first-order valence-electron chi connectivity index (χ1n) is 8.48. The van der Waals surface area contributed by atoms with Gasteiger partial charge in [-0.1, -0.05) is 12.1 Å². The van der Waals surface area contributed by atoms with Crippen LogP contribution in [0.25, 0.3) is 11.4 Å². The molecule has 1 unspecified atom stereocenters. The summed E-state index contributed by atoms with van der Waals surface area (Å²) in [6.45, 7) is 6.18. The number of hydrogen-bond donors (Lipinski definition) is 2. The number of amides is 2. The van der Waals surface area contributed by atoms with Crippen molar-refractivity contribution >= 4 is 17.7 Å². The molecule has 3 rings (SSSR count). The molecule has 2 amide bonds. The van der Waals surface area contributed by atoms with Crippen molar-refractivity contribution in [3.63, 3.8) is 0 Å². The van der Waals surface area contributed by atoms with Crippen LogP contribution in [0.15, 0.2) is 24.3 Å². The van der Waals surface area contributed by atoms with Crippen LogP contribution in [0.4, 0.5) is 10.5 Å². The van der Waals surface area contributed by atoms with Crippen molar-refractivity contribution in [3.8, 4) is 11.4 Å². The minimum Gasteiger partial charge on any atom is -0.481 e. The number of likely N-dealkylation sites (tertiary alicyclic amines) is 1. The van der Waals surface area contributed by atoms with Gasteiger partial charge in [0.05, 0.1) is 17.1 Å². The number of para-hydroxylation sites is 1. The van der Waals surface area contributed by atoms with Crippen LogP contribution in [0.3, 0.4) is 0 Å². The number of aliphatic carboxylic acids is 1. The van der Waals surface area contributed by atoms with E-state index in [1.165, 1.54) is 4.90 Å². The molecule has 138 valence electrons. The molecule has 9 nitrogen and oxygen atoms in total. The lowest BCUT2D eigenvalue weighted by atomic mass is 9.90. The Balaban J connectivity index is 1.82. The van der Waals surface area contributed by atoms with Crippen molar-refractivity contribution in [1.82, 2.24) is 25.1 Å². The third-order valence-corrected chi connectivity index (χ3v) is 4.67. The Morgan fingerprint density at radius 3 is 2.69 bits per heavy atom. The zero-order chi connectivity index (χ0) is 18.9. The van der Waals surface area contributed by atoms with E-state index in [4.69, 9.17) is 0 Å². The highest BCUT2D eigenvalue weighted by Crippen LogP contribution is 2.32. The molecule has 0 radical (unpaired) electrons. The maximum absolute atomic E-state index is 12.6. The molecular weight excluding hydrogens is 336 g/mol. The van der Waals surface area contributed by atoms with Crippen LogP contribution in [0, 0.1) is 5.41 Å². The van der Waals surface area contributed by atoms with Crippen LogP contribution < -0.4 is 5.32 Å². The summed E-state index contributed by atoms with van der Waals surface area (Å²) in [6, 6.07) is 7.02. The Morgan fingerprint density at radius 2 is 2.04 bits per heavy atom. The van der Waals surface area contributed by atoms with Gasteiger partial charge in [0.15, 0.2) is 5.82 Å². The van der Waals surface area contributed by atoms with Gasteiger partial charge in [0, 0.05) is 18.7 Å². The molecule has 1 atom stereocenters. The van der Waals surface area contributed by atoms with Crippen molar-refractivity contribution in [2.24, 2.45) is 5.41 Å². The second kappa shape index (κ2) is 6.74. The number of nitrogens with zero attached hydrogens (tertiary/aromatic N) is 5. The van der Waals surface area contributed by atoms with Gasteiger partial charge in [-0.2, -0.15) is 0 Å². The van der Waals surface area contributed by atoms with Crippen LogP contribution >= 0.6 is 0 Å². The van der Waals surface area contributed by atoms with Crippen LogP contribution in [0.2, 0.25) is 0 Å². The van der Waals surface area contributed by atoms with Gasteiger partial charge in [-0.05, 0) is 49.8 Å². The molecule has 1 aliphatic rings. The second-order valence-corrected chi connectivity index (χ2v) is 7.05. The van der Waals surface area contributed by atoms with Crippen LogP contribution in [-0.4, -0.2) is 55.3 Å². The van der Waals surface area contributed by atoms with E-state index in [0.29, 0.717) is 30.0 Å². The van der Waals surface area contributed by atoms with E-state index < -0.39 is 11.4 Å². The predicted molar refractivity (Wildman–Crippen MR) is 94.6 cm³/mol. The second-order valence-electron chi connectivity index (χ2n) is 7.05. The summed E-state index contributed by atoms with van der Waals surface area (Å²) in [6.07, 6.45) is 0.434. The Morgan fingerprint density at radius 1 is 1.31 bits per heavy atom. The molecule has 1 fully saturated rings. The quantitative estimate of drug-likeness (QED) is 0.866. The lowest BCUT2D eigenvalue weighted by molar-refractivity contribution is -0.146. The average Bonchev–Trinajstić information content (AvgIpc) is 3.23. The van der Waals surface area contributed by atoms with Gasteiger partial charge in [-0.3, -0.25) is 4.79 Å². The highest BCUT2D eigenvalue weighted by molar-refractivity contribution is 5.94. The molecule has 0 bridgehead atoms. The minimum atomic E-state index is -0.904. The first-order chi connectivity index (χ1) is 12.3. The molecule has 1 saturated heterocycles. The van der Waals surface area contributed by atoms with E-state index in [1.54, 1.807) is 17.7 Å². The summed E-state index contributed by atoms with van der Waals surface area (Å²) in [5, 5.41) is 24.0. The highest BCUT2D eigenvalue weighted by atomic mass is 16.4. The fourth-order valence-electron chi connectivity index (χ4n) is 3.01. The minimum absolute atomic E-state index is 0.0682. The van der Waals surface area contributed by atoms with E-state index >= 15 is 0 Å². The molecule has 1 aromatic carbocycles. The number of carbonyl (C=O) groups excluding carboxylic acids is 1. The zero-order valence-electron chi connectivity index (χ0n) is 15.0. The number of tetrazole rings is 1. The third kappa shape index (κ3) is 3.24. The standard InChI is InChI=1S/C17H22N6O3/c1-11(2)23-14(19-20-21-23)12-6-4-5-7-13(12)18-16(26)22-9-8-17(3,10-22)15(24)25/h4-7,11H,8-10H2,1-3H3,(H,18,26)(H,24,25). The molecule has 26 heavy (non-hydrogen) atoms. The summed E-state index contributed by atoms with van der Waals surface area (Å²) in [7, 11) is 0. The van der Waals surface area contributed by atoms with E-state index in [1.807, 2.05) is 32.0 Å². The van der Waals surface area contributed by atoms with Crippen molar-refractivity contribution in [2.45, 2.75) is 33.2 Å². The van der Waals surface area contributed by atoms with E-state index in [2.05, 4.69) is 20.8 Å². The SMILES string of the molecule is CC(C)n1nnnc1-c1ccccc1NC(=O)N1CCC(C)(C(=O)O)C1. The number of carbonyl (C=O) groups is 2. The zero-order valence-corrected chi connectivity index (χ0v) is 15.0. The first-order valence-corrected chi connectivity index (χ1v) is 8.48. The number of benzene rings is 1. The molecule has 2 heterocycles. The van der Waals surface area contributed by atoms with Crippen LogP contribution in [0.5, 0.6) is 0 Å². The van der Waals surface area contributed by atoms with Crippen molar-refractivity contribution < 1.29 is 14.7 Å². The molecule has 0 spiro atoms. The van der Waals surface area contributed by atoms with E-state index in [9.17, 15) is 14.7 Å². The van der Waals surface area contributed by atoms with Gasteiger partial charge >= 0.3 is 12.0 Å². The number of hydrogen-bond acceptors (Lipinski definition) is 5.